The summed E-state index contributed by atoms with van der Waals surface area (Å²) in [6, 6.07) is 0.252. The molecule has 120 valence electrons. The Bertz CT molecular complexity index is 488. The Morgan fingerprint density at radius 2 is 1.81 bits per heavy atom. The molecule has 6 heteroatoms. The molecule has 1 amide bonds. The lowest BCUT2D eigenvalue weighted by atomic mass is 10.2. The van der Waals surface area contributed by atoms with Crippen molar-refractivity contribution in [2.75, 3.05) is 5.75 Å². The maximum absolute atomic E-state index is 12.3. The molecule has 0 radical (unpaired) electrons. The number of hydrogen-bond donors (Lipinski definition) is 0. The molecular formula is C15H26N2O2S2. The molecule has 4 nitrogen and oxygen atoms in total. The van der Waals surface area contributed by atoms with Gasteiger partial charge >= 0.3 is 0 Å². The van der Waals surface area contributed by atoms with E-state index in [1.54, 1.807) is 16.2 Å². The summed E-state index contributed by atoms with van der Waals surface area (Å²) in [4.78, 5) is 18.5. The van der Waals surface area contributed by atoms with Gasteiger partial charge in [-0.05, 0) is 27.7 Å². The number of aromatic nitrogens is 1. The highest BCUT2D eigenvalue weighted by Crippen LogP contribution is 2.20. The molecule has 21 heavy (non-hydrogen) atoms. The topological polar surface area (TPSA) is 50.3 Å². The molecule has 0 aliphatic carbocycles. The summed E-state index contributed by atoms with van der Waals surface area (Å²) >= 11 is 1.59. The van der Waals surface area contributed by atoms with Crippen LogP contribution in [0.4, 0.5) is 0 Å². The van der Waals surface area contributed by atoms with Gasteiger partial charge in [-0.3, -0.25) is 9.00 Å². The summed E-state index contributed by atoms with van der Waals surface area (Å²) in [5, 5.41) is 3.00. The molecule has 0 spiro atoms. The highest BCUT2D eigenvalue weighted by atomic mass is 32.2. The first kappa shape index (κ1) is 18.3. The lowest BCUT2D eigenvalue weighted by Crippen LogP contribution is -2.44. The van der Waals surface area contributed by atoms with E-state index in [0.717, 1.165) is 10.7 Å². The third-order valence-corrected chi connectivity index (χ3v) is 5.44. The molecule has 1 atom stereocenters. The predicted octanol–water partition coefficient (Wildman–Crippen LogP) is 3.16. The van der Waals surface area contributed by atoms with E-state index < -0.39 is 10.8 Å². The number of rotatable bonds is 7. The summed E-state index contributed by atoms with van der Waals surface area (Å²) in [5.74, 6) is 0.776. The molecule has 1 heterocycles. The van der Waals surface area contributed by atoms with Crippen molar-refractivity contribution in [3.05, 3.63) is 16.1 Å². The standard InChI is InChI=1S/C15H26N2O2S2/c1-10(2)15-16-13(7-20-15)8-21(19)9-14(18)17(11(3)4)12(5)6/h7,10-12H,8-9H2,1-6H3. The molecule has 0 aromatic carbocycles. The normalized spacial score (nSPS) is 13.2. The van der Waals surface area contributed by atoms with Crippen LogP contribution in [0.3, 0.4) is 0 Å². The second-order valence-corrected chi connectivity index (χ2v) is 8.40. The van der Waals surface area contributed by atoms with Crippen LogP contribution in [0.25, 0.3) is 0 Å². The maximum atomic E-state index is 12.3. The number of amides is 1. The van der Waals surface area contributed by atoms with E-state index in [1.807, 2.05) is 33.1 Å². The molecule has 1 aromatic heterocycles. The van der Waals surface area contributed by atoms with Crippen LogP contribution < -0.4 is 0 Å². The first-order valence-electron chi connectivity index (χ1n) is 7.32. The van der Waals surface area contributed by atoms with Gasteiger partial charge in [0.05, 0.1) is 16.5 Å². The molecule has 1 aromatic rings. The zero-order valence-electron chi connectivity index (χ0n) is 13.8. The van der Waals surface area contributed by atoms with Gasteiger partial charge in [0.25, 0.3) is 0 Å². The minimum Gasteiger partial charge on any atom is -0.337 e. The van der Waals surface area contributed by atoms with Gasteiger partial charge in [-0.25, -0.2) is 4.98 Å². The second kappa shape index (κ2) is 8.03. The van der Waals surface area contributed by atoms with Crippen LogP contribution in [-0.2, 0) is 21.3 Å². The van der Waals surface area contributed by atoms with Crippen molar-refractivity contribution in [1.82, 2.24) is 9.88 Å². The molecule has 0 aliphatic rings. The van der Waals surface area contributed by atoms with E-state index in [-0.39, 0.29) is 23.7 Å². The van der Waals surface area contributed by atoms with Gasteiger partial charge in [0.15, 0.2) is 0 Å². The van der Waals surface area contributed by atoms with E-state index in [1.165, 1.54) is 0 Å². The van der Waals surface area contributed by atoms with E-state index in [9.17, 15) is 9.00 Å². The molecule has 0 aliphatic heterocycles. The molecule has 1 unspecified atom stereocenters. The van der Waals surface area contributed by atoms with Crippen molar-refractivity contribution in [3.63, 3.8) is 0 Å². The molecule has 0 fully saturated rings. The predicted molar refractivity (Wildman–Crippen MR) is 90.0 cm³/mol. The van der Waals surface area contributed by atoms with Crippen LogP contribution in [-0.4, -0.2) is 37.8 Å². The average molecular weight is 331 g/mol. The summed E-state index contributed by atoms with van der Waals surface area (Å²) < 4.78 is 12.2. The summed E-state index contributed by atoms with van der Waals surface area (Å²) in [7, 11) is -1.20. The first-order chi connectivity index (χ1) is 9.72. The number of carbonyl (C=O) groups excluding carboxylic acids is 1. The van der Waals surface area contributed by atoms with Gasteiger partial charge < -0.3 is 4.90 Å². The van der Waals surface area contributed by atoms with Crippen molar-refractivity contribution >= 4 is 28.0 Å². The van der Waals surface area contributed by atoms with Crippen molar-refractivity contribution in [1.29, 1.82) is 0 Å². The Morgan fingerprint density at radius 3 is 2.24 bits per heavy atom. The highest BCUT2D eigenvalue weighted by molar-refractivity contribution is 7.84. The maximum Gasteiger partial charge on any atom is 0.235 e. The SMILES string of the molecule is CC(C)c1nc(CS(=O)CC(=O)N(C(C)C)C(C)C)cs1. The van der Waals surface area contributed by atoms with E-state index >= 15 is 0 Å². The van der Waals surface area contributed by atoms with Crippen LogP contribution >= 0.6 is 11.3 Å². The molecular weight excluding hydrogens is 304 g/mol. The Morgan fingerprint density at radius 1 is 1.24 bits per heavy atom. The molecule has 0 saturated carbocycles. The summed E-state index contributed by atoms with van der Waals surface area (Å²) in [5.41, 5.74) is 0.829. The molecule has 1 rings (SSSR count). The van der Waals surface area contributed by atoms with Gasteiger partial charge in [0.1, 0.15) is 5.75 Å². The van der Waals surface area contributed by atoms with Gasteiger partial charge in [-0.2, -0.15) is 0 Å². The molecule has 0 N–H and O–H groups in total. The first-order valence-corrected chi connectivity index (χ1v) is 9.69. The number of thiazole rings is 1. The van der Waals surface area contributed by atoms with Gasteiger partial charge in [-0.15, -0.1) is 11.3 Å². The Hall–Kier alpha value is -0.750. The van der Waals surface area contributed by atoms with Gasteiger partial charge in [-0.1, -0.05) is 13.8 Å². The number of carbonyl (C=O) groups is 1. The summed E-state index contributed by atoms with van der Waals surface area (Å²) in [6.45, 7) is 12.1. The fraction of sp³-hybridized carbons (Fsp3) is 0.733. The monoisotopic (exact) mass is 330 g/mol. The van der Waals surface area contributed by atoms with E-state index in [4.69, 9.17) is 0 Å². The zero-order valence-corrected chi connectivity index (χ0v) is 15.4. The lowest BCUT2D eigenvalue weighted by Gasteiger charge is -2.30. The highest BCUT2D eigenvalue weighted by Gasteiger charge is 2.22. The fourth-order valence-corrected chi connectivity index (χ4v) is 4.20. The van der Waals surface area contributed by atoms with Crippen molar-refractivity contribution < 1.29 is 9.00 Å². The van der Waals surface area contributed by atoms with Crippen LogP contribution in [0.2, 0.25) is 0 Å². The number of nitrogens with zero attached hydrogens (tertiary/aromatic N) is 2. The molecule has 0 saturated heterocycles. The van der Waals surface area contributed by atoms with Crippen molar-refractivity contribution in [2.24, 2.45) is 0 Å². The minimum absolute atomic E-state index is 0.0438. The van der Waals surface area contributed by atoms with E-state index in [0.29, 0.717) is 11.7 Å². The average Bonchev–Trinajstić information content (AvgIpc) is 2.75. The summed E-state index contributed by atoms with van der Waals surface area (Å²) in [6.07, 6.45) is 0. The quantitative estimate of drug-likeness (QED) is 0.771. The van der Waals surface area contributed by atoms with Crippen LogP contribution in [0, 0.1) is 0 Å². The van der Waals surface area contributed by atoms with Crippen LogP contribution in [0.1, 0.15) is 58.2 Å². The van der Waals surface area contributed by atoms with Crippen LogP contribution in [0.5, 0.6) is 0 Å². The van der Waals surface area contributed by atoms with Gasteiger partial charge in [0.2, 0.25) is 5.91 Å². The smallest absolute Gasteiger partial charge is 0.235 e. The lowest BCUT2D eigenvalue weighted by molar-refractivity contribution is -0.131. The zero-order chi connectivity index (χ0) is 16.2. The van der Waals surface area contributed by atoms with Crippen molar-refractivity contribution in [3.8, 4) is 0 Å². The van der Waals surface area contributed by atoms with Crippen molar-refractivity contribution in [2.45, 2.75) is 65.3 Å². The van der Waals surface area contributed by atoms with Crippen LogP contribution in [0.15, 0.2) is 5.38 Å². The Balaban J connectivity index is 2.61. The molecule has 0 bridgehead atoms. The Labute approximate surface area is 134 Å². The second-order valence-electron chi connectivity index (χ2n) is 6.05. The third-order valence-electron chi connectivity index (χ3n) is 3.06. The largest absolute Gasteiger partial charge is 0.337 e. The van der Waals surface area contributed by atoms with Gasteiger partial charge in [0, 0.05) is 34.2 Å². The third kappa shape index (κ3) is 5.51. The fourth-order valence-electron chi connectivity index (χ4n) is 2.25. The number of hydrogen-bond acceptors (Lipinski definition) is 4. The Kier molecular flexibility index (Phi) is 7.00. The minimum atomic E-state index is -1.20. The van der Waals surface area contributed by atoms with E-state index in [2.05, 4.69) is 18.8 Å².